The number of hydrogen-bond acceptors (Lipinski definition) is 4. The van der Waals surface area contributed by atoms with Gasteiger partial charge in [-0.05, 0) is 12.7 Å². The van der Waals surface area contributed by atoms with Gasteiger partial charge in [-0.2, -0.15) is 5.26 Å². The molecule has 0 aromatic heterocycles. The Morgan fingerprint density at radius 2 is 2.31 bits per heavy atom. The van der Waals surface area contributed by atoms with Crippen LogP contribution in [0.1, 0.15) is 6.42 Å². The van der Waals surface area contributed by atoms with E-state index in [2.05, 4.69) is 6.19 Å². The van der Waals surface area contributed by atoms with Gasteiger partial charge in [0, 0.05) is 13.1 Å². The van der Waals surface area contributed by atoms with E-state index in [1.54, 1.807) is 11.2 Å². The van der Waals surface area contributed by atoms with Crippen molar-refractivity contribution in [2.24, 2.45) is 0 Å². The van der Waals surface area contributed by atoms with Crippen LogP contribution in [0.25, 0.3) is 0 Å². The summed E-state index contributed by atoms with van der Waals surface area (Å²) in [4.78, 5) is 15.1. The number of amides is 1. The molecule has 5 heteroatoms. The summed E-state index contributed by atoms with van der Waals surface area (Å²) >= 11 is 1.26. The summed E-state index contributed by atoms with van der Waals surface area (Å²) in [5.41, 5.74) is 0. The van der Waals surface area contributed by atoms with Crippen LogP contribution in [-0.2, 0) is 0 Å². The number of carbonyl (C=O) groups is 1. The van der Waals surface area contributed by atoms with Gasteiger partial charge in [0.1, 0.15) is 0 Å². The van der Waals surface area contributed by atoms with Crippen LogP contribution < -0.4 is 0 Å². The summed E-state index contributed by atoms with van der Waals surface area (Å²) in [5, 5.41) is 8.88. The highest BCUT2D eigenvalue weighted by Gasteiger charge is 2.44. The molecule has 2 rings (SSSR count). The Morgan fingerprint density at radius 3 is 2.77 bits per heavy atom. The number of hydrogen-bond donors (Lipinski definition) is 0. The largest absolute Gasteiger partial charge is 0.327 e. The molecule has 0 saturated carbocycles. The molecule has 0 aromatic carbocycles. The molecule has 70 valence electrons. The second-order valence-electron chi connectivity index (χ2n) is 3.42. The molecule has 2 atom stereocenters. The summed E-state index contributed by atoms with van der Waals surface area (Å²) < 4.78 is 0. The topological polar surface area (TPSA) is 47.3 Å². The first-order chi connectivity index (χ1) is 6.26. The van der Waals surface area contributed by atoms with Crippen LogP contribution in [0.4, 0.5) is 4.79 Å². The van der Waals surface area contributed by atoms with Gasteiger partial charge in [0.15, 0.2) is 6.19 Å². The molecule has 2 fully saturated rings. The maximum Gasteiger partial charge on any atom is 0.281 e. The number of fused-ring (bicyclic) bond motifs is 2. The van der Waals surface area contributed by atoms with Gasteiger partial charge in [0.25, 0.3) is 5.24 Å². The minimum atomic E-state index is 0.144. The highest BCUT2D eigenvalue weighted by Crippen LogP contribution is 2.31. The molecule has 2 heterocycles. The molecule has 4 nitrogen and oxygen atoms in total. The summed E-state index contributed by atoms with van der Waals surface area (Å²) in [7, 11) is 0. The molecule has 2 bridgehead atoms. The lowest BCUT2D eigenvalue weighted by Gasteiger charge is -2.30. The zero-order chi connectivity index (χ0) is 9.42. The lowest BCUT2D eigenvalue weighted by Crippen LogP contribution is -2.45. The van der Waals surface area contributed by atoms with E-state index >= 15 is 0 Å². The molecule has 1 amide bonds. The molecule has 2 aliphatic rings. The second kappa shape index (κ2) is 3.11. The van der Waals surface area contributed by atoms with Gasteiger partial charge >= 0.3 is 0 Å². The highest BCUT2D eigenvalue weighted by molar-refractivity contribution is 8.12. The van der Waals surface area contributed by atoms with Crippen molar-refractivity contribution in [3.05, 3.63) is 0 Å². The van der Waals surface area contributed by atoms with Crippen molar-refractivity contribution >= 4 is 17.0 Å². The van der Waals surface area contributed by atoms with Crippen LogP contribution >= 0.6 is 11.8 Å². The van der Waals surface area contributed by atoms with Crippen LogP contribution in [-0.4, -0.2) is 46.5 Å². The Hall–Kier alpha value is -0.890. The molecular weight excluding hydrogens is 186 g/mol. The molecule has 0 aliphatic carbocycles. The second-order valence-corrected chi connectivity index (χ2v) is 4.18. The Balaban J connectivity index is 2.04. The number of nitrogens with zero attached hydrogens (tertiary/aromatic N) is 3. The maximum absolute atomic E-state index is 11.4. The minimum Gasteiger partial charge on any atom is -0.327 e. The van der Waals surface area contributed by atoms with E-state index in [1.807, 2.05) is 4.90 Å². The van der Waals surface area contributed by atoms with Gasteiger partial charge < -0.3 is 9.80 Å². The van der Waals surface area contributed by atoms with Gasteiger partial charge in [-0.25, -0.2) is 0 Å². The van der Waals surface area contributed by atoms with E-state index in [1.165, 1.54) is 11.8 Å². The molecule has 0 N–H and O–H groups in total. The summed E-state index contributed by atoms with van der Waals surface area (Å²) in [6, 6.07) is 0.565. The molecular formula is C8H11N3OS. The number of nitriles is 1. The summed E-state index contributed by atoms with van der Waals surface area (Å²) in [5.74, 6) is 0. The van der Waals surface area contributed by atoms with Gasteiger partial charge in [-0.3, -0.25) is 4.79 Å². The number of likely N-dealkylation sites (tertiary alicyclic amines) is 2. The first-order valence-electron chi connectivity index (χ1n) is 4.27. The molecule has 0 spiro atoms. The van der Waals surface area contributed by atoms with Gasteiger partial charge in [0.2, 0.25) is 0 Å². The average molecular weight is 197 g/mol. The van der Waals surface area contributed by atoms with Crippen LogP contribution in [0.3, 0.4) is 0 Å². The van der Waals surface area contributed by atoms with Crippen molar-refractivity contribution in [1.82, 2.24) is 9.80 Å². The summed E-state index contributed by atoms with van der Waals surface area (Å²) in [6.45, 7) is 1.46. The number of thioether (sulfide) groups is 1. The van der Waals surface area contributed by atoms with E-state index < -0.39 is 0 Å². The van der Waals surface area contributed by atoms with Crippen molar-refractivity contribution in [2.45, 2.75) is 18.5 Å². The normalized spacial score (nSPS) is 30.8. The first kappa shape index (κ1) is 8.70. The number of rotatable bonds is 0. The van der Waals surface area contributed by atoms with Crippen molar-refractivity contribution in [1.29, 1.82) is 5.26 Å². The lowest BCUT2D eigenvalue weighted by molar-refractivity contribution is 0.183. The van der Waals surface area contributed by atoms with Crippen LogP contribution in [0, 0.1) is 11.5 Å². The SMILES string of the molecule is CSC(=O)N1CC2CC1CN2C#N. The summed E-state index contributed by atoms with van der Waals surface area (Å²) in [6.07, 6.45) is 4.94. The quantitative estimate of drug-likeness (QED) is 0.537. The predicted molar refractivity (Wildman–Crippen MR) is 50.1 cm³/mol. The standard InChI is InChI=1S/C8H11N3OS/c1-13-8(12)11-4-6-2-7(11)3-10(6)5-9/h6-7H,2-4H2,1H3. The first-order valence-corrected chi connectivity index (χ1v) is 5.49. The van der Waals surface area contributed by atoms with Gasteiger partial charge in [-0.15, -0.1) is 0 Å². The van der Waals surface area contributed by atoms with Gasteiger partial charge in [0.05, 0.1) is 12.1 Å². The zero-order valence-corrected chi connectivity index (χ0v) is 8.25. The Kier molecular flexibility index (Phi) is 2.08. The van der Waals surface area contributed by atoms with Crippen molar-refractivity contribution in [3.63, 3.8) is 0 Å². The molecule has 2 unspecified atom stereocenters. The molecule has 0 aromatic rings. The molecule has 2 saturated heterocycles. The number of piperazine rings is 1. The van der Waals surface area contributed by atoms with E-state index in [4.69, 9.17) is 5.26 Å². The fourth-order valence-electron chi connectivity index (χ4n) is 2.13. The van der Waals surface area contributed by atoms with Crippen LogP contribution in [0.15, 0.2) is 0 Å². The van der Waals surface area contributed by atoms with E-state index in [0.717, 1.165) is 19.5 Å². The fraction of sp³-hybridized carbons (Fsp3) is 0.750. The monoisotopic (exact) mass is 197 g/mol. The van der Waals surface area contributed by atoms with Crippen LogP contribution in [0.5, 0.6) is 0 Å². The van der Waals surface area contributed by atoms with E-state index in [-0.39, 0.29) is 17.3 Å². The maximum atomic E-state index is 11.4. The third kappa shape index (κ3) is 1.25. The Morgan fingerprint density at radius 1 is 1.54 bits per heavy atom. The fourth-order valence-corrected chi connectivity index (χ4v) is 2.59. The number of carbonyl (C=O) groups excluding carboxylic acids is 1. The van der Waals surface area contributed by atoms with E-state index in [0.29, 0.717) is 0 Å². The van der Waals surface area contributed by atoms with Crippen molar-refractivity contribution < 1.29 is 4.79 Å². The van der Waals surface area contributed by atoms with E-state index in [9.17, 15) is 4.79 Å². The Labute approximate surface area is 81.5 Å². The van der Waals surface area contributed by atoms with Crippen molar-refractivity contribution in [3.8, 4) is 6.19 Å². The molecule has 13 heavy (non-hydrogen) atoms. The highest BCUT2D eigenvalue weighted by atomic mass is 32.2. The molecule has 2 aliphatic heterocycles. The Bertz CT molecular complexity index is 275. The smallest absolute Gasteiger partial charge is 0.281 e. The van der Waals surface area contributed by atoms with Crippen molar-refractivity contribution in [2.75, 3.05) is 19.3 Å². The predicted octanol–water partition coefficient (Wildman–Crippen LogP) is 0.709. The third-order valence-electron chi connectivity index (χ3n) is 2.78. The average Bonchev–Trinajstić information content (AvgIpc) is 2.74. The minimum absolute atomic E-state index is 0.144. The third-order valence-corrected chi connectivity index (χ3v) is 3.36. The van der Waals surface area contributed by atoms with Gasteiger partial charge in [-0.1, -0.05) is 11.8 Å². The molecule has 0 radical (unpaired) electrons. The van der Waals surface area contributed by atoms with Crippen LogP contribution in [0.2, 0.25) is 0 Å². The lowest BCUT2D eigenvalue weighted by atomic mass is 10.2. The zero-order valence-electron chi connectivity index (χ0n) is 7.43.